The SMILES string of the molecule is OCc1ccc2cc(C3OCCCO3)ccc2c1. The monoisotopic (exact) mass is 244 g/mol. The summed E-state index contributed by atoms with van der Waals surface area (Å²) >= 11 is 0. The summed E-state index contributed by atoms with van der Waals surface area (Å²) in [4.78, 5) is 0. The lowest BCUT2D eigenvalue weighted by molar-refractivity contribution is -0.182. The van der Waals surface area contributed by atoms with Gasteiger partial charge in [-0.25, -0.2) is 0 Å². The Morgan fingerprint density at radius 3 is 2.50 bits per heavy atom. The standard InChI is InChI=1S/C15H16O3/c16-10-11-2-3-13-9-14(5-4-12(13)8-11)15-17-6-1-7-18-15/h2-5,8-9,15-16H,1,6-7,10H2. The molecule has 0 spiro atoms. The molecule has 3 heteroatoms. The summed E-state index contributed by atoms with van der Waals surface area (Å²) in [5.41, 5.74) is 1.99. The average Bonchev–Trinajstić information content (AvgIpc) is 2.47. The van der Waals surface area contributed by atoms with Gasteiger partial charge in [0.05, 0.1) is 19.8 Å². The third-order valence-corrected chi connectivity index (χ3v) is 3.21. The second-order valence-electron chi connectivity index (χ2n) is 4.53. The molecule has 1 aliphatic rings. The Hall–Kier alpha value is -1.42. The van der Waals surface area contributed by atoms with E-state index in [-0.39, 0.29) is 12.9 Å². The molecule has 0 aromatic heterocycles. The molecule has 0 aliphatic carbocycles. The van der Waals surface area contributed by atoms with E-state index in [2.05, 4.69) is 6.07 Å². The van der Waals surface area contributed by atoms with E-state index in [0.717, 1.165) is 41.5 Å². The summed E-state index contributed by atoms with van der Waals surface area (Å²) in [5, 5.41) is 11.4. The molecule has 0 radical (unpaired) electrons. The molecule has 1 heterocycles. The Balaban J connectivity index is 1.95. The molecule has 2 aromatic carbocycles. The van der Waals surface area contributed by atoms with E-state index in [0.29, 0.717) is 0 Å². The maximum absolute atomic E-state index is 9.12. The van der Waals surface area contributed by atoms with Crippen molar-refractivity contribution < 1.29 is 14.6 Å². The van der Waals surface area contributed by atoms with Crippen LogP contribution in [0.15, 0.2) is 36.4 Å². The van der Waals surface area contributed by atoms with Gasteiger partial charge in [0.1, 0.15) is 0 Å². The van der Waals surface area contributed by atoms with E-state index in [9.17, 15) is 0 Å². The average molecular weight is 244 g/mol. The minimum Gasteiger partial charge on any atom is -0.392 e. The highest BCUT2D eigenvalue weighted by Crippen LogP contribution is 2.26. The van der Waals surface area contributed by atoms with Crippen LogP contribution in [-0.4, -0.2) is 18.3 Å². The predicted octanol–water partition coefficient (Wildman–Crippen LogP) is 2.77. The van der Waals surface area contributed by atoms with Gasteiger partial charge in [-0.3, -0.25) is 0 Å². The van der Waals surface area contributed by atoms with Crippen molar-refractivity contribution in [1.29, 1.82) is 0 Å². The first-order chi connectivity index (χ1) is 8.86. The van der Waals surface area contributed by atoms with Gasteiger partial charge in [-0.15, -0.1) is 0 Å². The van der Waals surface area contributed by atoms with Crippen LogP contribution >= 0.6 is 0 Å². The Bertz CT molecular complexity index is 544. The maximum Gasteiger partial charge on any atom is 0.183 e. The lowest BCUT2D eigenvalue weighted by Gasteiger charge is -2.23. The van der Waals surface area contributed by atoms with Crippen LogP contribution in [0.25, 0.3) is 10.8 Å². The summed E-state index contributed by atoms with van der Waals surface area (Å²) < 4.78 is 11.2. The van der Waals surface area contributed by atoms with Crippen LogP contribution in [0.1, 0.15) is 23.8 Å². The van der Waals surface area contributed by atoms with E-state index in [1.54, 1.807) is 0 Å². The van der Waals surface area contributed by atoms with Crippen molar-refractivity contribution in [3.05, 3.63) is 47.5 Å². The van der Waals surface area contributed by atoms with Crippen LogP contribution < -0.4 is 0 Å². The third kappa shape index (κ3) is 2.25. The number of aliphatic hydroxyl groups excluding tert-OH is 1. The smallest absolute Gasteiger partial charge is 0.183 e. The summed E-state index contributed by atoms with van der Waals surface area (Å²) in [6, 6.07) is 12.1. The molecule has 1 aliphatic heterocycles. The molecule has 1 fully saturated rings. The number of benzene rings is 2. The zero-order valence-corrected chi connectivity index (χ0v) is 10.1. The van der Waals surface area contributed by atoms with Crippen molar-refractivity contribution in [3.63, 3.8) is 0 Å². The highest BCUT2D eigenvalue weighted by Gasteiger charge is 2.16. The third-order valence-electron chi connectivity index (χ3n) is 3.21. The highest BCUT2D eigenvalue weighted by atomic mass is 16.7. The molecule has 0 bridgehead atoms. The quantitative estimate of drug-likeness (QED) is 0.882. The van der Waals surface area contributed by atoms with Crippen molar-refractivity contribution in [2.24, 2.45) is 0 Å². The molecule has 0 saturated carbocycles. The van der Waals surface area contributed by atoms with Crippen LogP contribution in [0.4, 0.5) is 0 Å². The minimum absolute atomic E-state index is 0.0759. The van der Waals surface area contributed by atoms with Gasteiger partial charge in [0.2, 0.25) is 0 Å². The Morgan fingerprint density at radius 2 is 1.72 bits per heavy atom. The van der Waals surface area contributed by atoms with Gasteiger partial charge < -0.3 is 14.6 Å². The van der Waals surface area contributed by atoms with Gasteiger partial charge in [-0.2, -0.15) is 0 Å². The largest absolute Gasteiger partial charge is 0.392 e. The Morgan fingerprint density at radius 1 is 1.00 bits per heavy atom. The predicted molar refractivity (Wildman–Crippen MR) is 69.1 cm³/mol. The van der Waals surface area contributed by atoms with Crippen molar-refractivity contribution in [2.75, 3.05) is 13.2 Å². The molecule has 18 heavy (non-hydrogen) atoms. The summed E-state index contributed by atoms with van der Waals surface area (Å²) in [6.07, 6.45) is 0.727. The molecule has 1 N–H and O–H groups in total. The van der Waals surface area contributed by atoms with Gasteiger partial charge >= 0.3 is 0 Å². The fraction of sp³-hybridized carbons (Fsp3) is 0.333. The van der Waals surface area contributed by atoms with E-state index < -0.39 is 0 Å². The van der Waals surface area contributed by atoms with Crippen LogP contribution in [0, 0.1) is 0 Å². The van der Waals surface area contributed by atoms with Crippen molar-refractivity contribution in [2.45, 2.75) is 19.3 Å². The fourth-order valence-corrected chi connectivity index (χ4v) is 2.24. The van der Waals surface area contributed by atoms with Gasteiger partial charge in [0.15, 0.2) is 6.29 Å². The maximum atomic E-state index is 9.12. The van der Waals surface area contributed by atoms with Crippen LogP contribution in [0.3, 0.4) is 0 Å². The second kappa shape index (κ2) is 5.06. The molecule has 0 amide bonds. The zero-order chi connectivity index (χ0) is 12.4. The van der Waals surface area contributed by atoms with E-state index in [4.69, 9.17) is 14.6 Å². The van der Waals surface area contributed by atoms with Crippen molar-refractivity contribution in [1.82, 2.24) is 0 Å². The van der Waals surface area contributed by atoms with Gasteiger partial charge in [-0.05, 0) is 34.9 Å². The highest BCUT2D eigenvalue weighted by molar-refractivity contribution is 5.83. The van der Waals surface area contributed by atoms with E-state index in [1.165, 1.54) is 0 Å². The first-order valence-corrected chi connectivity index (χ1v) is 6.23. The van der Waals surface area contributed by atoms with Crippen LogP contribution in [0.5, 0.6) is 0 Å². The number of aliphatic hydroxyl groups is 1. The van der Waals surface area contributed by atoms with Crippen molar-refractivity contribution in [3.8, 4) is 0 Å². The first kappa shape index (κ1) is 11.7. The molecular weight excluding hydrogens is 228 g/mol. The Kier molecular flexibility index (Phi) is 3.28. The van der Waals surface area contributed by atoms with Gasteiger partial charge in [0.25, 0.3) is 0 Å². The Labute approximate surface area is 106 Å². The van der Waals surface area contributed by atoms with Gasteiger partial charge in [0, 0.05) is 5.56 Å². The molecule has 3 nitrogen and oxygen atoms in total. The number of fused-ring (bicyclic) bond motifs is 1. The molecule has 1 saturated heterocycles. The number of hydrogen-bond acceptors (Lipinski definition) is 3. The topological polar surface area (TPSA) is 38.7 Å². The molecule has 94 valence electrons. The van der Waals surface area contributed by atoms with Crippen LogP contribution in [0.2, 0.25) is 0 Å². The normalized spacial score (nSPS) is 17.2. The minimum atomic E-state index is -0.235. The lowest BCUT2D eigenvalue weighted by Crippen LogP contribution is -2.17. The number of ether oxygens (including phenoxy) is 2. The zero-order valence-electron chi connectivity index (χ0n) is 10.1. The lowest BCUT2D eigenvalue weighted by atomic mass is 10.0. The fourth-order valence-electron chi connectivity index (χ4n) is 2.24. The molecule has 0 unspecified atom stereocenters. The molecule has 3 rings (SSSR count). The second-order valence-corrected chi connectivity index (χ2v) is 4.53. The molecule has 2 aromatic rings. The van der Waals surface area contributed by atoms with Crippen LogP contribution in [-0.2, 0) is 16.1 Å². The van der Waals surface area contributed by atoms with Crippen molar-refractivity contribution >= 4 is 10.8 Å². The molecule has 0 atom stereocenters. The summed E-state index contributed by atoms with van der Waals surface area (Å²) in [7, 11) is 0. The first-order valence-electron chi connectivity index (χ1n) is 6.23. The van der Waals surface area contributed by atoms with E-state index in [1.807, 2.05) is 30.3 Å². The van der Waals surface area contributed by atoms with Gasteiger partial charge in [-0.1, -0.05) is 24.3 Å². The summed E-state index contributed by atoms with van der Waals surface area (Å²) in [5.74, 6) is 0. The number of rotatable bonds is 2. The summed E-state index contributed by atoms with van der Waals surface area (Å²) in [6.45, 7) is 1.59. The molecular formula is C15H16O3. The number of hydrogen-bond donors (Lipinski definition) is 1. The van der Waals surface area contributed by atoms with E-state index >= 15 is 0 Å².